The average molecular weight is 431 g/mol. The number of hydrogen-bond donors (Lipinski definition) is 6. The molecule has 30 heavy (non-hydrogen) atoms. The van der Waals surface area contributed by atoms with Crippen molar-refractivity contribution in [3.8, 4) is 0 Å². The van der Waals surface area contributed by atoms with Crippen molar-refractivity contribution in [1.82, 2.24) is 25.9 Å². The van der Waals surface area contributed by atoms with Gasteiger partial charge in [0.25, 0.3) is 0 Å². The van der Waals surface area contributed by atoms with Crippen LogP contribution in [0.5, 0.6) is 0 Å². The number of hydrogen-bond acceptors (Lipinski definition) is 10. The van der Waals surface area contributed by atoms with Gasteiger partial charge in [0.1, 0.15) is 22.4 Å². The van der Waals surface area contributed by atoms with Gasteiger partial charge in [-0.15, -0.1) is 11.3 Å². The van der Waals surface area contributed by atoms with Crippen LogP contribution in [0.2, 0.25) is 0 Å². The van der Waals surface area contributed by atoms with Gasteiger partial charge >= 0.3 is 0 Å². The van der Waals surface area contributed by atoms with Crippen LogP contribution in [0.4, 0.5) is 0 Å². The smallest absolute Gasteiger partial charge is 0.197 e. The summed E-state index contributed by atoms with van der Waals surface area (Å²) in [5.74, 6) is 1.09. The molecule has 3 aliphatic rings. The number of nitrogens with zero attached hydrogens (tertiary/aromatic N) is 3. The summed E-state index contributed by atoms with van der Waals surface area (Å²) in [5, 5.41) is 41.2. The second-order valence-electron chi connectivity index (χ2n) is 8.19. The van der Waals surface area contributed by atoms with Gasteiger partial charge in [-0.25, -0.2) is 9.98 Å². The van der Waals surface area contributed by atoms with Crippen molar-refractivity contribution in [3.63, 3.8) is 0 Å². The molecule has 5 rings (SSSR count). The summed E-state index contributed by atoms with van der Waals surface area (Å²) in [7, 11) is 0. The fourth-order valence-electron chi connectivity index (χ4n) is 4.14. The zero-order chi connectivity index (χ0) is 20.7. The van der Waals surface area contributed by atoms with E-state index in [0.29, 0.717) is 25.0 Å². The summed E-state index contributed by atoms with van der Waals surface area (Å²) >= 11 is 1.57. The molecule has 2 saturated carbocycles. The van der Waals surface area contributed by atoms with Crippen molar-refractivity contribution >= 4 is 33.1 Å². The van der Waals surface area contributed by atoms with E-state index in [9.17, 15) is 15.3 Å². The Bertz CT molecular complexity index is 955. The Labute approximate surface area is 178 Å². The van der Waals surface area contributed by atoms with Crippen LogP contribution in [0.3, 0.4) is 0 Å². The van der Waals surface area contributed by atoms with E-state index in [1.54, 1.807) is 23.7 Å². The quantitative estimate of drug-likeness (QED) is 0.395. The average Bonchev–Trinajstić information content (AvgIpc) is 3.27. The topological polar surface area (TPSA) is 135 Å². The molecular formula is C20H26N6O3S. The van der Waals surface area contributed by atoms with Gasteiger partial charge in [-0.05, 0) is 31.7 Å². The van der Waals surface area contributed by atoms with Crippen LogP contribution in [0.25, 0.3) is 15.8 Å². The van der Waals surface area contributed by atoms with E-state index in [0.717, 1.165) is 39.5 Å². The molecule has 0 spiro atoms. The third-order valence-electron chi connectivity index (χ3n) is 6.20. The monoisotopic (exact) mass is 430 g/mol. The molecule has 160 valence electrons. The minimum absolute atomic E-state index is 0.156. The van der Waals surface area contributed by atoms with Gasteiger partial charge < -0.3 is 31.3 Å². The number of rotatable bonds is 5. The molecule has 2 aliphatic carbocycles. The number of nitrogens with one attached hydrogen (secondary N) is 3. The second-order valence-corrected chi connectivity index (χ2v) is 9.22. The van der Waals surface area contributed by atoms with Crippen LogP contribution in [0, 0.1) is 5.92 Å². The maximum atomic E-state index is 10.5. The molecule has 0 aromatic carbocycles. The molecule has 2 aromatic rings. The van der Waals surface area contributed by atoms with Gasteiger partial charge in [-0.3, -0.25) is 4.98 Å². The lowest BCUT2D eigenvalue weighted by molar-refractivity contribution is 0.000573. The second kappa shape index (κ2) is 8.10. The van der Waals surface area contributed by atoms with Crippen molar-refractivity contribution in [2.45, 2.75) is 50.0 Å². The highest BCUT2D eigenvalue weighted by Crippen LogP contribution is 2.31. The molecule has 0 amide bonds. The number of aromatic nitrogens is 2. The van der Waals surface area contributed by atoms with Crippen LogP contribution in [0.15, 0.2) is 29.3 Å². The minimum Gasteiger partial charge on any atom is -0.396 e. The third kappa shape index (κ3) is 3.64. The highest BCUT2D eigenvalue weighted by molar-refractivity contribution is 7.19. The van der Waals surface area contributed by atoms with E-state index in [1.165, 1.54) is 6.42 Å². The predicted molar refractivity (Wildman–Crippen MR) is 115 cm³/mol. The van der Waals surface area contributed by atoms with Gasteiger partial charge in [0, 0.05) is 30.3 Å². The molecule has 3 heterocycles. The summed E-state index contributed by atoms with van der Waals surface area (Å²) in [5.41, 5.74) is 1.74. The third-order valence-corrected chi connectivity index (χ3v) is 7.30. The van der Waals surface area contributed by atoms with Crippen molar-refractivity contribution < 1.29 is 15.3 Å². The van der Waals surface area contributed by atoms with Crippen LogP contribution < -0.4 is 16.0 Å². The van der Waals surface area contributed by atoms with Gasteiger partial charge in [-0.1, -0.05) is 0 Å². The fraction of sp³-hybridized carbons (Fsp3) is 0.550. The first kappa shape index (κ1) is 19.7. The van der Waals surface area contributed by atoms with Crippen LogP contribution in [-0.4, -0.2) is 68.7 Å². The highest BCUT2D eigenvalue weighted by Gasteiger charge is 2.42. The van der Waals surface area contributed by atoms with Gasteiger partial charge in [0.15, 0.2) is 5.96 Å². The van der Waals surface area contributed by atoms with E-state index in [-0.39, 0.29) is 18.6 Å². The lowest BCUT2D eigenvalue weighted by Gasteiger charge is -2.32. The van der Waals surface area contributed by atoms with Crippen LogP contribution in [0.1, 0.15) is 30.7 Å². The maximum Gasteiger partial charge on any atom is 0.197 e. The largest absolute Gasteiger partial charge is 0.396 e. The number of aliphatic hydroxyl groups is 3. The highest BCUT2D eigenvalue weighted by atomic mass is 32.1. The van der Waals surface area contributed by atoms with Gasteiger partial charge in [0.2, 0.25) is 0 Å². The lowest BCUT2D eigenvalue weighted by Crippen LogP contribution is -2.51. The number of aliphatic hydroxyl groups excluding tert-OH is 3. The van der Waals surface area contributed by atoms with E-state index >= 15 is 0 Å². The number of fused-ring (bicyclic) bond motifs is 1. The first-order valence-electron chi connectivity index (χ1n) is 10.4. The Hall–Kier alpha value is -2.27. The molecule has 1 aliphatic heterocycles. The molecular weight excluding hydrogens is 404 g/mol. The summed E-state index contributed by atoms with van der Waals surface area (Å²) in [6.45, 7) is 0.295. The van der Waals surface area contributed by atoms with E-state index < -0.39 is 12.2 Å². The van der Waals surface area contributed by atoms with Crippen molar-refractivity contribution in [3.05, 3.63) is 29.3 Å². The molecule has 2 fully saturated rings. The number of thiazole rings is 1. The number of guanidine groups is 1. The Morgan fingerprint density at radius 3 is 2.77 bits per heavy atom. The van der Waals surface area contributed by atoms with Crippen molar-refractivity contribution in [1.29, 1.82) is 0 Å². The van der Waals surface area contributed by atoms with Gasteiger partial charge in [-0.2, -0.15) is 0 Å². The molecule has 4 atom stereocenters. The molecule has 9 nitrogen and oxygen atoms in total. The molecule has 0 bridgehead atoms. The standard InChI is InChI=1S/C20H26N6O3S/c27-9-10-6-13(17(29)16(10)28)24-18-12(7-22-20(26-18)23-11-2-1-3-11)19-25-14-8-21-5-4-15(14)30-19/h4-5,8,10-11,13,16-17,24,27-29H,1-3,6-7,9H2,(H2,22,23,26)/t10-,13-,16-,17+/m1/s1. The normalized spacial score (nSPS) is 29.5. The van der Waals surface area contributed by atoms with Gasteiger partial charge in [0.05, 0.1) is 29.6 Å². The van der Waals surface area contributed by atoms with E-state index in [2.05, 4.69) is 25.9 Å². The Kier molecular flexibility index (Phi) is 5.32. The van der Waals surface area contributed by atoms with E-state index in [4.69, 9.17) is 4.98 Å². The minimum atomic E-state index is -0.959. The predicted octanol–water partition coefficient (Wildman–Crippen LogP) is 0.153. The van der Waals surface area contributed by atoms with Crippen LogP contribution in [-0.2, 0) is 0 Å². The summed E-state index contributed by atoms with van der Waals surface area (Å²) in [6.07, 6.45) is 5.56. The fourth-order valence-corrected chi connectivity index (χ4v) is 5.11. The first-order valence-corrected chi connectivity index (χ1v) is 11.2. The lowest BCUT2D eigenvalue weighted by atomic mass is 9.93. The molecule has 0 unspecified atom stereocenters. The number of aliphatic imine (C=N–C) groups is 1. The summed E-state index contributed by atoms with van der Waals surface area (Å²) in [4.78, 5) is 13.5. The molecule has 10 heteroatoms. The molecule has 2 aromatic heterocycles. The zero-order valence-electron chi connectivity index (χ0n) is 16.5. The Morgan fingerprint density at radius 2 is 2.07 bits per heavy atom. The van der Waals surface area contributed by atoms with Crippen LogP contribution >= 0.6 is 11.3 Å². The zero-order valence-corrected chi connectivity index (χ0v) is 17.3. The van der Waals surface area contributed by atoms with E-state index in [1.807, 2.05) is 6.07 Å². The molecule has 0 saturated heterocycles. The number of pyridine rings is 1. The Morgan fingerprint density at radius 1 is 1.20 bits per heavy atom. The summed E-state index contributed by atoms with van der Waals surface area (Å²) < 4.78 is 1.05. The Balaban J connectivity index is 1.43. The maximum absolute atomic E-state index is 10.5. The van der Waals surface area contributed by atoms with Crippen molar-refractivity contribution in [2.75, 3.05) is 13.2 Å². The SMILES string of the molecule is OC[C@H]1C[C@@H](NC2=C(c3nc4cnccc4s3)CN=C(NC3CCC3)N2)[C@H](O)[C@@H]1O. The molecule has 0 radical (unpaired) electrons. The van der Waals surface area contributed by atoms with Crippen molar-refractivity contribution in [2.24, 2.45) is 10.9 Å². The summed E-state index contributed by atoms with van der Waals surface area (Å²) in [6, 6.07) is 2.00. The first-order chi connectivity index (χ1) is 14.6. The molecule has 6 N–H and O–H groups in total.